The van der Waals surface area contributed by atoms with Gasteiger partial charge in [-0.1, -0.05) is 0 Å². The van der Waals surface area contributed by atoms with Crippen LogP contribution in [-0.2, 0) is 17.1 Å². The van der Waals surface area contributed by atoms with E-state index in [2.05, 4.69) is 5.10 Å². The Morgan fingerprint density at radius 1 is 1.33 bits per heavy atom. The van der Waals surface area contributed by atoms with Gasteiger partial charge in [0.05, 0.1) is 23.0 Å². The molecule has 0 bridgehead atoms. The molecule has 8 heteroatoms. The molecule has 0 amide bonds. The van der Waals surface area contributed by atoms with E-state index in [9.17, 15) is 8.42 Å². The van der Waals surface area contributed by atoms with Crippen LogP contribution in [0.5, 0.6) is 0 Å². The number of nitriles is 1. The van der Waals surface area contributed by atoms with Crippen molar-refractivity contribution in [3.8, 4) is 6.07 Å². The maximum atomic E-state index is 12.7. The maximum absolute atomic E-state index is 12.7. The number of benzene rings is 1. The summed E-state index contributed by atoms with van der Waals surface area (Å²) >= 11 is 0. The summed E-state index contributed by atoms with van der Waals surface area (Å²) in [6, 6.07) is 8.23. The van der Waals surface area contributed by atoms with Crippen molar-refractivity contribution in [1.82, 2.24) is 9.78 Å². The summed E-state index contributed by atoms with van der Waals surface area (Å²) in [5.74, 6) is -0.0319. The highest BCUT2D eigenvalue weighted by Crippen LogP contribution is 2.28. The van der Waals surface area contributed by atoms with Gasteiger partial charge in [0.2, 0.25) is 0 Å². The lowest BCUT2D eigenvalue weighted by Crippen LogP contribution is -2.27. The number of nitrogens with two attached hydrogens (primary N) is 1. The summed E-state index contributed by atoms with van der Waals surface area (Å²) in [4.78, 5) is -0.00291. The fourth-order valence-corrected chi connectivity index (χ4v) is 3.44. The Balaban J connectivity index is 2.50. The lowest BCUT2D eigenvalue weighted by molar-refractivity contribution is 0.593. The van der Waals surface area contributed by atoms with E-state index in [0.717, 1.165) is 4.31 Å². The molecule has 0 atom stereocenters. The van der Waals surface area contributed by atoms with Gasteiger partial charge in [-0.05, 0) is 31.2 Å². The lowest BCUT2D eigenvalue weighted by atomic mass is 10.2. The predicted octanol–water partition coefficient (Wildman–Crippen LogP) is 1.01. The van der Waals surface area contributed by atoms with Crippen LogP contribution in [0.15, 0.2) is 29.2 Å². The lowest BCUT2D eigenvalue weighted by Gasteiger charge is -2.19. The zero-order chi connectivity index (χ0) is 15.8. The molecular formula is C13H15N5O2S. The Kier molecular flexibility index (Phi) is 3.61. The fraction of sp³-hybridized carbons (Fsp3) is 0.231. The van der Waals surface area contributed by atoms with Gasteiger partial charge in [0.25, 0.3) is 10.0 Å². The minimum Gasteiger partial charge on any atom is -0.381 e. The van der Waals surface area contributed by atoms with Crippen molar-refractivity contribution in [2.75, 3.05) is 17.1 Å². The first-order valence-corrected chi connectivity index (χ1v) is 7.51. The first-order chi connectivity index (χ1) is 9.78. The van der Waals surface area contributed by atoms with E-state index in [1.807, 2.05) is 6.07 Å². The number of hydrogen-bond donors (Lipinski definition) is 1. The van der Waals surface area contributed by atoms with Crippen LogP contribution in [0.25, 0.3) is 0 Å². The van der Waals surface area contributed by atoms with E-state index in [1.54, 1.807) is 38.2 Å². The van der Waals surface area contributed by atoms with Crippen molar-refractivity contribution >= 4 is 21.5 Å². The Hall–Kier alpha value is -2.53. The van der Waals surface area contributed by atoms with Crippen LogP contribution in [0.1, 0.15) is 11.3 Å². The third-order valence-electron chi connectivity index (χ3n) is 3.28. The third-order valence-corrected chi connectivity index (χ3v) is 5.24. The second kappa shape index (κ2) is 5.10. The summed E-state index contributed by atoms with van der Waals surface area (Å²) in [6.07, 6.45) is 0. The van der Waals surface area contributed by atoms with E-state index in [0.29, 0.717) is 16.9 Å². The second-order valence-corrected chi connectivity index (χ2v) is 6.46. The highest BCUT2D eigenvalue weighted by molar-refractivity contribution is 7.93. The summed E-state index contributed by atoms with van der Waals surface area (Å²) in [6.45, 7) is 1.64. The van der Waals surface area contributed by atoms with Crippen LogP contribution in [0.2, 0.25) is 0 Å². The number of aromatic nitrogens is 2. The Morgan fingerprint density at radius 2 is 1.90 bits per heavy atom. The summed E-state index contributed by atoms with van der Waals surface area (Å²) in [5.41, 5.74) is 7.08. The van der Waals surface area contributed by atoms with Gasteiger partial charge in [-0.15, -0.1) is 0 Å². The molecule has 2 N–H and O–H groups in total. The van der Waals surface area contributed by atoms with Crippen LogP contribution >= 0.6 is 0 Å². The van der Waals surface area contributed by atoms with Crippen LogP contribution in [0.3, 0.4) is 0 Å². The smallest absolute Gasteiger partial charge is 0.269 e. The number of sulfonamides is 1. The Morgan fingerprint density at radius 3 is 2.33 bits per heavy atom. The van der Waals surface area contributed by atoms with Gasteiger partial charge >= 0.3 is 0 Å². The average Bonchev–Trinajstić information content (AvgIpc) is 2.71. The van der Waals surface area contributed by atoms with E-state index < -0.39 is 10.0 Å². The summed E-state index contributed by atoms with van der Waals surface area (Å²) in [5, 5.41) is 12.7. The molecule has 2 aromatic rings. The molecule has 7 nitrogen and oxygen atoms in total. The molecule has 0 radical (unpaired) electrons. The number of aryl methyl sites for hydroxylation is 1. The normalized spacial score (nSPS) is 11.1. The van der Waals surface area contributed by atoms with Crippen molar-refractivity contribution in [3.05, 3.63) is 35.5 Å². The molecule has 0 saturated heterocycles. The highest BCUT2D eigenvalue weighted by atomic mass is 32.2. The molecule has 0 aliphatic rings. The highest BCUT2D eigenvalue weighted by Gasteiger charge is 2.29. The molecule has 1 heterocycles. The molecule has 0 spiro atoms. The number of rotatable bonds is 3. The summed E-state index contributed by atoms with van der Waals surface area (Å²) in [7, 11) is -0.746. The Labute approximate surface area is 123 Å². The minimum absolute atomic E-state index is 0.00291. The number of hydrogen-bond acceptors (Lipinski definition) is 5. The molecule has 0 fully saturated rings. The van der Waals surface area contributed by atoms with Crippen molar-refractivity contribution < 1.29 is 8.42 Å². The van der Waals surface area contributed by atoms with Crippen LogP contribution in [0, 0.1) is 18.3 Å². The number of anilines is 2. The van der Waals surface area contributed by atoms with Gasteiger partial charge in [0, 0.05) is 14.1 Å². The molecule has 1 aromatic heterocycles. The number of nitrogens with zero attached hydrogens (tertiary/aromatic N) is 4. The van der Waals surface area contributed by atoms with Gasteiger partial charge in [-0.25, -0.2) is 8.42 Å². The van der Waals surface area contributed by atoms with E-state index in [1.165, 1.54) is 11.7 Å². The topological polar surface area (TPSA) is 105 Å². The molecule has 0 saturated carbocycles. The van der Waals surface area contributed by atoms with Gasteiger partial charge in [-0.3, -0.25) is 8.99 Å². The van der Waals surface area contributed by atoms with E-state index >= 15 is 0 Å². The van der Waals surface area contributed by atoms with E-state index in [-0.39, 0.29) is 10.7 Å². The molecule has 0 unspecified atom stereocenters. The van der Waals surface area contributed by atoms with Crippen molar-refractivity contribution in [1.29, 1.82) is 5.26 Å². The zero-order valence-electron chi connectivity index (χ0n) is 11.9. The molecule has 1 aromatic carbocycles. The monoisotopic (exact) mass is 305 g/mol. The van der Waals surface area contributed by atoms with Gasteiger partial charge < -0.3 is 5.73 Å². The maximum Gasteiger partial charge on any atom is 0.269 e. The molecule has 21 heavy (non-hydrogen) atoms. The van der Waals surface area contributed by atoms with Crippen LogP contribution in [-0.4, -0.2) is 25.2 Å². The van der Waals surface area contributed by atoms with Crippen molar-refractivity contribution in [2.24, 2.45) is 7.05 Å². The first kappa shape index (κ1) is 14.9. The zero-order valence-corrected chi connectivity index (χ0v) is 12.7. The molecule has 0 aliphatic carbocycles. The van der Waals surface area contributed by atoms with Gasteiger partial charge in [0.15, 0.2) is 10.7 Å². The Bertz CT molecular complexity index is 815. The average molecular weight is 305 g/mol. The van der Waals surface area contributed by atoms with Crippen molar-refractivity contribution in [3.63, 3.8) is 0 Å². The molecule has 0 aliphatic heterocycles. The molecular weight excluding hydrogens is 290 g/mol. The predicted molar refractivity (Wildman–Crippen MR) is 79.1 cm³/mol. The SMILES string of the molecule is Cc1c(S(=O)(=O)N(C)c2ccc(C#N)cc2)c(N)nn1C. The quantitative estimate of drug-likeness (QED) is 0.911. The van der Waals surface area contributed by atoms with Crippen molar-refractivity contribution in [2.45, 2.75) is 11.8 Å². The fourth-order valence-electron chi connectivity index (χ4n) is 1.95. The molecule has 2 rings (SSSR count). The standard InChI is InChI=1S/C13H15N5O2S/c1-9-12(13(15)16-17(9)2)21(19,20)18(3)11-6-4-10(8-14)5-7-11/h4-7H,1-3H3,(H2,15,16). The first-order valence-electron chi connectivity index (χ1n) is 6.07. The molecule has 110 valence electrons. The minimum atomic E-state index is -3.81. The van der Waals surface area contributed by atoms with E-state index in [4.69, 9.17) is 11.0 Å². The van der Waals surface area contributed by atoms with Gasteiger partial charge in [-0.2, -0.15) is 10.4 Å². The third kappa shape index (κ3) is 2.43. The van der Waals surface area contributed by atoms with Gasteiger partial charge in [0.1, 0.15) is 0 Å². The summed E-state index contributed by atoms with van der Waals surface area (Å²) < 4.78 is 27.9. The second-order valence-electron chi connectivity index (χ2n) is 4.55. The van der Waals surface area contributed by atoms with Crippen LogP contribution in [0.4, 0.5) is 11.5 Å². The number of nitrogen functional groups attached to an aromatic ring is 1. The van der Waals surface area contributed by atoms with Crippen LogP contribution < -0.4 is 10.0 Å². The largest absolute Gasteiger partial charge is 0.381 e.